The van der Waals surface area contributed by atoms with Crippen LogP contribution < -0.4 is 11.1 Å². The van der Waals surface area contributed by atoms with E-state index >= 15 is 0 Å². The second-order valence-electron chi connectivity index (χ2n) is 4.03. The van der Waals surface area contributed by atoms with Crippen molar-refractivity contribution in [1.29, 1.82) is 5.26 Å². The zero-order chi connectivity index (χ0) is 13.0. The molecule has 0 amide bonds. The topological polar surface area (TPSA) is 61.8 Å². The summed E-state index contributed by atoms with van der Waals surface area (Å²) in [6.45, 7) is 2.14. The maximum atomic E-state index is 8.81. The Labute approximate surface area is 111 Å². The molecule has 4 heteroatoms. The van der Waals surface area contributed by atoms with Crippen LogP contribution in [0.1, 0.15) is 29.8 Å². The van der Waals surface area contributed by atoms with Crippen LogP contribution in [0.5, 0.6) is 0 Å². The van der Waals surface area contributed by atoms with Gasteiger partial charge in [0.25, 0.3) is 0 Å². The molecule has 1 atom stereocenters. The molecule has 0 aliphatic rings. The molecule has 2 rings (SSSR count). The second kappa shape index (κ2) is 5.56. The summed E-state index contributed by atoms with van der Waals surface area (Å²) in [6, 6.07) is 11.9. The first-order chi connectivity index (χ1) is 8.74. The van der Waals surface area contributed by atoms with E-state index in [9.17, 15) is 0 Å². The maximum Gasteiger partial charge on any atom is 0.0992 e. The molecule has 0 saturated carbocycles. The largest absolute Gasteiger partial charge is 0.397 e. The van der Waals surface area contributed by atoms with Gasteiger partial charge in [0.05, 0.1) is 29.0 Å². The van der Waals surface area contributed by atoms with Gasteiger partial charge >= 0.3 is 0 Å². The Balaban J connectivity index is 2.20. The molecule has 0 aliphatic carbocycles. The van der Waals surface area contributed by atoms with Crippen molar-refractivity contribution in [3.63, 3.8) is 0 Å². The molecular weight excluding hydrogens is 242 g/mol. The van der Waals surface area contributed by atoms with E-state index in [1.54, 1.807) is 23.5 Å². The van der Waals surface area contributed by atoms with Crippen molar-refractivity contribution in [1.82, 2.24) is 0 Å². The average Bonchev–Trinajstić information content (AvgIpc) is 2.91. The number of nitrogen functional groups attached to an aromatic ring is 1. The lowest BCUT2D eigenvalue weighted by molar-refractivity contribution is 0.764. The Hall–Kier alpha value is -1.99. The molecule has 2 aromatic rings. The van der Waals surface area contributed by atoms with Gasteiger partial charge in [0.15, 0.2) is 0 Å². The second-order valence-corrected chi connectivity index (χ2v) is 5.01. The van der Waals surface area contributed by atoms with E-state index < -0.39 is 0 Å². The fourth-order valence-corrected chi connectivity index (χ4v) is 2.68. The van der Waals surface area contributed by atoms with Crippen LogP contribution in [0.4, 0.5) is 11.4 Å². The highest BCUT2D eigenvalue weighted by atomic mass is 32.1. The molecule has 0 spiro atoms. The lowest BCUT2D eigenvalue weighted by Crippen LogP contribution is -2.09. The minimum absolute atomic E-state index is 0.264. The first kappa shape index (κ1) is 12.5. The van der Waals surface area contributed by atoms with Gasteiger partial charge in [-0.05, 0) is 36.1 Å². The summed E-state index contributed by atoms with van der Waals surface area (Å²) in [5, 5.41) is 14.3. The molecule has 3 nitrogen and oxygen atoms in total. The van der Waals surface area contributed by atoms with Crippen LogP contribution in [-0.2, 0) is 0 Å². The van der Waals surface area contributed by atoms with Crippen molar-refractivity contribution >= 4 is 22.7 Å². The Bertz CT molecular complexity index is 555. The molecule has 0 fully saturated rings. The molecule has 1 aromatic carbocycles. The highest BCUT2D eigenvalue weighted by Crippen LogP contribution is 2.29. The zero-order valence-corrected chi connectivity index (χ0v) is 11.0. The summed E-state index contributed by atoms with van der Waals surface area (Å²) in [7, 11) is 0. The fourth-order valence-electron chi connectivity index (χ4n) is 1.82. The minimum Gasteiger partial charge on any atom is -0.397 e. The van der Waals surface area contributed by atoms with Crippen molar-refractivity contribution in [2.45, 2.75) is 19.4 Å². The molecule has 1 heterocycles. The Morgan fingerprint density at radius 2 is 2.28 bits per heavy atom. The maximum absolute atomic E-state index is 8.81. The molecule has 0 radical (unpaired) electrons. The number of rotatable bonds is 4. The Morgan fingerprint density at radius 3 is 2.83 bits per heavy atom. The molecule has 3 N–H and O–H groups in total. The zero-order valence-electron chi connectivity index (χ0n) is 10.2. The van der Waals surface area contributed by atoms with E-state index in [0.29, 0.717) is 11.3 Å². The number of hydrogen-bond acceptors (Lipinski definition) is 4. The molecule has 0 saturated heterocycles. The lowest BCUT2D eigenvalue weighted by atomic mass is 10.1. The first-order valence-corrected chi connectivity index (χ1v) is 6.72. The van der Waals surface area contributed by atoms with Crippen molar-refractivity contribution < 1.29 is 0 Å². The summed E-state index contributed by atoms with van der Waals surface area (Å²) in [5.41, 5.74) is 8.03. The minimum atomic E-state index is 0.264. The van der Waals surface area contributed by atoms with Crippen LogP contribution >= 0.6 is 11.3 Å². The van der Waals surface area contributed by atoms with Crippen molar-refractivity contribution in [3.05, 3.63) is 46.2 Å². The van der Waals surface area contributed by atoms with Crippen molar-refractivity contribution in [2.24, 2.45) is 0 Å². The molecular formula is C14H15N3S. The molecule has 0 aliphatic heterocycles. The first-order valence-electron chi connectivity index (χ1n) is 5.84. The lowest BCUT2D eigenvalue weighted by Gasteiger charge is -2.18. The smallest absolute Gasteiger partial charge is 0.0992 e. The predicted molar refractivity (Wildman–Crippen MR) is 76.5 cm³/mol. The van der Waals surface area contributed by atoms with Crippen LogP contribution in [0.2, 0.25) is 0 Å². The van der Waals surface area contributed by atoms with Gasteiger partial charge in [0, 0.05) is 4.88 Å². The van der Waals surface area contributed by atoms with Crippen LogP contribution in [0.25, 0.3) is 0 Å². The van der Waals surface area contributed by atoms with Gasteiger partial charge in [-0.1, -0.05) is 13.0 Å². The average molecular weight is 257 g/mol. The number of nitrogens with one attached hydrogen (secondary N) is 1. The summed E-state index contributed by atoms with van der Waals surface area (Å²) in [5.74, 6) is 0. The predicted octanol–water partition coefficient (Wildman–Crippen LogP) is 3.77. The number of anilines is 2. The van der Waals surface area contributed by atoms with Crippen molar-refractivity contribution in [3.8, 4) is 6.07 Å². The molecule has 92 valence electrons. The standard InChI is InChI=1S/C14H15N3S/c1-2-12(14-4-3-7-18-14)17-13-6-5-10(9-15)8-11(13)16/h3-8,12,17H,2,16H2,1H3. The van der Waals surface area contributed by atoms with Gasteiger partial charge in [0.1, 0.15) is 0 Å². The van der Waals surface area contributed by atoms with E-state index in [1.165, 1.54) is 4.88 Å². The SMILES string of the molecule is CCC(Nc1ccc(C#N)cc1N)c1cccs1. The summed E-state index contributed by atoms with van der Waals surface area (Å²) in [6.07, 6.45) is 0.986. The van der Waals surface area contributed by atoms with E-state index in [0.717, 1.165) is 12.1 Å². The third kappa shape index (κ3) is 2.63. The van der Waals surface area contributed by atoms with Gasteiger partial charge in [0.2, 0.25) is 0 Å². The number of nitrogens with two attached hydrogens (primary N) is 1. The summed E-state index contributed by atoms with van der Waals surface area (Å²) in [4.78, 5) is 1.29. The van der Waals surface area contributed by atoms with Crippen LogP contribution in [0, 0.1) is 11.3 Å². The fraction of sp³-hybridized carbons (Fsp3) is 0.214. The molecule has 1 unspecified atom stereocenters. The number of benzene rings is 1. The third-order valence-electron chi connectivity index (χ3n) is 2.81. The van der Waals surface area contributed by atoms with Gasteiger partial charge in [-0.15, -0.1) is 11.3 Å². The number of nitrogens with zero attached hydrogens (tertiary/aromatic N) is 1. The Kier molecular flexibility index (Phi) is 3.85. The quantitative estimate of drug-likeness (QED) is 0.820. The van der Waals surface area contributed by atoms with E-state index in [1.807, 2.05) is 12.1 Å². The molecule has 18 heavy (non-hydrogen) atoms. The van der Waals surface area contributed by atoms with E-state index in [4.69, 9.17) is 11.0 Å². The van der Waals surface area contributed by atoms with Gasteiger partial charge in [-0.25, -0.2) is 0 Å². The number of nitriles is 1. The van der Waals surface area contributed by atoms with E-state index in [-0.39, 0.29) is 6.04 Å². The normalized spacial score (nSPS) is 11.8. The highest BCUT2D eigenvalue weighted by Gasteiger charge is 2.11. The van der Waals surface area contributed by atoms with Gasteiger partial charge in [-0.3, -0.25) is 0 Å². The Morgan fingerprint density at radius 1 is 1.44 bits per heavy atom. The van der Waals surface area contributed by atoms with Gasteiger partial charge in [-0.2, -0.15) is 5.26 Å². The molecule has 1 aromatic heterocycles. The van der Waals surface area contributed by atoms with Gasteiger partial charge < -0.3 is 11.1 Å². The van der Waals surface area contributed by atoms with Crippen molar-refractivity contribution in [2.75, 3.05) is 11.1 Å². The van der Waals surface area contributed by atoms with Crippen LogP contribution in [-0.4, -0.2) is 0 Å². The van der Waals surface area contributed by atoms with Crippen LogP contribution in [0.15, 0.2) is 35.7 Å². The van der Waals surface area contributed by atoms with E-state index in [2.05, 4.69) is 29.8 Å². The third-order valence-corrected chi connectivity index (χ3v) is 3.79. The monoisotopic (exact) mass is 257 g/mol. The number of thiophene rings is 1. The number of hydrogen-bond donors (Lipinski definition) is 2. The van der Waals surface area contributed by atoms with Crippen LogP contribution in [0.3, 0.4) is 0 Å². The molecule has 0 bridgehead atoms. The highest BCUT2D eigenvalue weighted by molar-refractivity contribution is 7.10. The summed E-state index contributed by atoms with van der Waals surface area (Å²) >= 11 is 1.73. The summed E-state index contributed by atoms with van der Waals surface area (Å²) < 4.78 is 0.